The number of rotatable bonds is 9. The van der Waals surface area contributed by atoms with Gasteiger partial charge in [-0.2, -0.15) is 0 Å². The number of ether oxygens (including phenoxy) is 2. The minimum Gasteiger partial charge on any atom is -0.464 e. The van der Waals surface area contributed by atoms with Crippen LogP contribution in [0.25, 0.3) is 0 Å². The summed E-state index contributed by atoms with van der Waals surface area (Å²) in [5, 5.41) is 3.29. The van der Waals surface area contributed by atoms with E-state index in [2.05, 4.69) is 22.1 Å². The number of fused-ring (bicyclic) bond motifs is 2. The van der Waals surface area contributed by atoms with E-state index in [1.165, 1.54) is 0 Å². The van der Waals surface area contributed by atoms with E-state index < -0.39 is 6.04 Å². The van der Waals surface area contributed by atoms with E-state index in [1.807, 2.05) is 109 Å². The summed E-state index contributed by atoms with van der Waals surface area (Å²) in [5.41, 5.74) is 5.42. The summed E-state index contributed by atoms with van der Waals surface area (Å²) in [5.74, 6) is 7.70. The Hall–Kier alpha value is -5.80. The van der Waals surface area contributed by atoms with E-state index in [0.29, 0.717) is 29.8 Å². The summed E-state index contributed by atoms with van der Waals surface area (Å²) in [6, 6.07) is 39.4. The number of hydrogen-bond acceptors (Lipinski definition) is 6. The van der Waals surface area contributed by atoms with Gasteiger partial charge in [0.1, 0.15) is 6.04 Å². The first-order valence-corrected chi connectivity index (χ1v) is 14.9. The van der Waals surface area contributed by atoms with Crippen LogP contribution in [0.3, 0.4) is 0 Å². The molecule has 1 aliphatic heterocycles. The summed E-state index contributed by atoms with van der Waals surface area (Å²) in [6.07, 6.45) is 0.377. The number of esters is 1. The SMILES string of the molecule is CCOC(=O)[C@H](Cc1ccc(C#CCN2c3ccccc3Oc3ccccc32)cc1)Nc1ccccc1C(=O)c1ccccc1. The molecular formula is C39H32N2O4. The third-order valence-corrected chi connectivity index (χ3v) is 7.50. The summed E-state index contributed by atoms with van der Waals surface area (Å²) in [7, 11) is 0. The molecule has 5 aromatic rings. The van der Waals surface area contributed by atoms with Gasteiger partial charge in [0.2, 0.25) is 0 Å². The molecule has 1 aliphatic rings. The molecule has 5 aromatic carbocycles. The second kappa shape index (κ2) is 13.7. The largest absolute Gasteiger partial charge is 0.464 e. The lowest BCUT2D eigenvalue weighted by atomic mass is 10.00. The van der Waals surface area contributed by atoms with Crippen LogP contribution in [0.1, 0.15) is 34.0 Å². The second-order valence-electron chi connectivity index (χ2n) is 10.5. The summed E-state index contributed by atoms with van der Waals surface area (Å²) >= 11 is 0. The predicted octanol–water partition coefficient (Wildman–Crippen LogP) is 7.80. The standard InChI is InChI=1S/C39H32N2O4/c1-2-44-39(43)33(40-32-17-7-6-16-31(32)38(42)30-14-4-3-5-15-30)27-29-24-22-28(23-25-29)13-12-26-41-34-18-8-10-20-36(34)45-37-21-11-9-19-35(37)41/h3-11,14-25,33,40H,2,26-27H2,1H3/t33-/m0/s1. The number of nitrogens with zero attached hydrogens (tertiary/aromatic N) is 1. The Kier molecular flexibility index (Phi) is 8.89. The smallest absolute Gasteiger partial charge is 0.328 e. The molecule has 0 saturated carbocycles. The van der Waals surface area contributed by atoms with Gasteiger partial charge in [0, 0.05) is 28.8 Å². The van der Waals surface area contributed by atoms with Gasteiger partial charge in [-0.05, 0) is 61.0 Å². The van der Waals surface area contributed by atoms with Crippen LogP contribution < -0.4 is 15.0 Å². The monoisotopic (exact) mass is 592 g/mol. The van der Waals surface area contributed by atoms with E-state index >= 15 is 0 Å². The van der Waals surface area contributed by atoms with Gasteiger partial charge in [-0.3, -0.25) is 4.79 Å². The predicted molar refractivity (Wildman–Crippen MR) is 177 cm³/mol. The van der Waals surface area contributed by atoms with Crippen LogP contribution in [0.15, 0.2) is 127 Å². The number of para-hydroxylation sites is 5. The maximum absolute atomic E-state index is 13.3. The summed E-state index contributed by atoms with van der Waals surface area (Å²) in [6.45, 7) is 2.53. The topological polar surface area (TPSA) is 67.9 Å². The highest BCUT2D eigenvalue weighted by Crippen LogP contribution is 2.45. The summed E-state index contributed by atoms with van der Waals surface area (Å²) in [4.78, 5) is 28.5. The lowest BCUT2D eigenvalue weighted by Crippen LogP contribution is -2.34. The maximum atomic E-state index is 13.3. The molecule has 0 aliphatic carbocycles. The molecule has 0 fully saturated rings. The number of carbonyl (C=O) groups is 2. The van der Waals surface area contributed by atoms with Crippen LogP contribution in [0.2, 0.25) is 0 Å². The Balaban J connectivity index is 1.17. The number of anilines is 3. The molecule has 6 nitrogen and oxygen atoms in total. The second-order valence-corrected chi connectivity index (χ2v) is 10.5. The van der Waals surface area contributed by atoms with Crippen LogP contribution in [-0.2, 0) is 16.0 Å². The van der Waals surface area contributed by atoms with Crippen molar-refractivity contribution in [1.82, 2.24) is 0 Å². The fourth-order valence-corrected chi connectivity index (χ4v) is 5.31. The van der Waals surface area contributed by atoms with Gasteiger partial charge in [0.25, 0.3) is 0 Å². The molecule has 1 atom stereocenters. The van der Waals surface area contributed by atoms with Crippen molar-refractivity contribution in [3.05, 3.63) is 150 Å². The Bertz CT molecular complexity index is 1830. The van der Waals surface area contributed by atoms with E-state index in [0.717, 1.165) is 34.0 Å². The molecule has 45 heavy (non-hydrogen) atoms. The molecule has 0 spiro atoms. The highest BCUT2D eigenvalue weighted by Gasteiger charge is 2.24. The van der Waals surface area contributed by atoms with Crippen molar-refractivity contribution in [2.75, 3.05) is 23.4 Å². The molecule has 1 N–H and O–H groups in total. The van der Waals surface area contributed by atoms with Gasteiger partial charge in [-0.15, -0.1) is 0 Å². The third-order valence-electron chi connectivity index (χ3n) is 7.50. The minimum atomic E-state index is -0.687. The Labute approximate surface area is 263 Å². The molecule has 0 aromatic heterocycles. The molecule has 6 heteroatoms. The molecule has 1 heterocycles. The number of ketones is 1. The Morgan fingerprint density at radius 3 is 2.09 bits per heavy atom. The molecule has 0 radical (unpaired) electrons. The summed E-state index contributed by atoms with van der Waals surface area (Å²) < 4.78 is 11.5. The van der Waals surface area contributed by atoms with E-state index in [4.69, 9.17) is 9.47 Å². The molecule has 0 amide bonds. The number of nitrogens with one attached hydrogen (secondary N) is 1. The van der Waals surface area contributed by atoms with E-state index in [1.54, 1.807) is 25.1 Å². The quantitative estimate of drug-likeness (QED) is 0.107. The van der Waals surface area contributed by atoms with Crippen LogP contribution in [-0.4, -0.2) is 30.9 Å². The fraction of sp³-hybridized carbons (Fsp3) is 0.128. The maximum Gasteiger partial charge on any atom is 0.328 e. The first-order valence-electron chi connectivity index (χ1n) is 14.9. The van der Waals surface area contributed by atoms with Crippen molar-refractivity contribution in [2.24, 2.45) is 0 Å². The van der Waals surface area contributed by atoms with Crippen molar-refractivity contribution in [3.63, 3.8) is 0 Å². The lowest BCUT2D eigenvalue weighted by molar-refractivity contribution is -0.144. The molecule has 0 unspecified atom stereocenters. The lowest BCUT2D eigenvalue weighted by Gasteiger charge is -2.31. The zero-order valence-corrected chi connectivity index (χ0v) is 24.9. The van der Waals surface area contributed by atoms with E-state index in [-0.39, 0.29) is 18.4 Å². The van der Waals surface area contributed by atoms with Crippen molar-refractivity contribution in [2.45, 2.75) is 19.4 Å². The van der Waals surface area contributed by atoms with E-state index in [9.17, 15) is 9.59 Å². The van der Waals surface area contributed by atoms with Crippen LogP contribution >= 0.6 is 0 Å². The van der Waals surface area contributed by atoms with Crippen LogP contribution in [0, 0.1) is 11.8 Å². The number of benzene rings is 5. The molecule has 6 rings (SSSR count). The van der Waals surface area contributed by atoms with Crippen molar-refractivity contribution in [3.8, 4) is 23.3 Å². The fourth-order valence-electron chi connectivity index (χ4n) is 5.31. The van der Waals surface area contributed by atoms with Crippen LogP contribution in [0.5, 0.6) is 11.5 Å². The van der Waals surface area contributed by atoms with Crippen molar-refractivity contribution >= 4 is 28.8 Å². The van der Waals surface area contributed by atoms with Crippen molar-refractivity contribution < 1.29 is 19.1 Å². The van der Waals surface area contributed by atoms with Crippen molar-refractivity contribution in [1.29, 1.82) is 0 Å². The highest BCUT2D eigenvalue weighted by atomic mass is 16.5. The molecule has 222 valence electrons. The molecule has 0 bridgehead atoms. The Morgan fingerprint density at radius 1 is 0.778 bits per heavy atom. The molecule has 0 saturated heterocycles. The highest BCUT2D eigenvalue weighted by molar-refractivity contribution is 6.12. The zero-order valence-electron chi connectivity index (χ0n) is 24.9. The molecular weight excluding hydrogens is 560 g/mol. The van der Waals surface area contributed by atoms with Gasteiger partial charge in [0.05, 0.1) is 24.5 Å². The van der Waals surface area contributed by atoms with Gasteiger partial charge < -0.3 is 19.7 Å². The first kappa shape index (κ1) is 29.3. The third kappa shape index (κ3) is 6.74. The number of carbonyl (C=O) groups excluding carboxylic acids is 2. The zero-order chi connectivity index (χ0) is 31.0. The van der Waals surface area contributed by atoms with Gasteiger partial charge in [0.15, 0.2) is 17.3 Å². The van der Waals surface area contributed by atoms with Crippen LogP contribution in [0.4, 0.5) is 17.1 Å². The van der Waals surface area contributed by atoms with Gasteiger partial charge in [-0.25, -0.2) is 4.79 Å². The number of hydrogen-bond donors (Lipinski definition) is 1. The normalized spacial score (nSPS) is 12.0. The minimum absolute atomic E-state index is 0.117. The van der Waals surface area contributed by atoms with Gasteiger partial charge >= 0.3 is 5.97 Å². The average Bonchev–Trinajstić information content (AvgIpc) is 3.09. The van der Waals surface area contributed by atoms with Gasteiger partial charge in [-0.1, -0.05) is 90.7 Å². The average molecular weight is 593 g/mol. The first-order chi connectivity index (χ1) is 22.1. The Morgan fingerprint density at radius 2 is 1.40 bits per heavy atom.